The quantitative estimate of drug-likeness (QED) is 0.511. The molecule has 1 aromatic carbocycles. The summed E-state index contributed by atoms with van der Waals surface area (Å²) in [5.41, 5.74) is 2.51. The predicted molar refractivity (Wildman–Crippen MR) is 108 cm³/mol. The van der Waals surface area contributed by atoms with Crippen molar-refractivity contribution in [3.63, 3.8) is 0 Å². The van der Waals surface area contributed by atoms with Crippen LogP contribution in [0.15, 0.2) is 28.7 Å². The van der Waals surface area contributed by atoms with Gasteiger partial charge in [0.05, 0.1) is 29.5 Å². The fourth-order valence-electron chi connectivity index (χ4n) is 2.58. The lowest BCUT2D eigenvalue weighted by atomic mass is 10.1. The fraction of sp³-hybridized carbons (Fsp3) is 0.333. The van der Waals surface area contributed by atoms with E-state index in [0.717, 1.165) is 16.7 Å². The largest absolute Gasteiger partial charge is 0.383 e. The molecule has 0 spiro atoms. The van der Waals surface area contributed by atoms with Crippen LogP contribution in [0, 0.1) is 18.3 Å². The Kier molecular flexibility index (Phi) is 6.50. The third-order valence-corrected chi connectivity index (χ3v) is 6.13. The average Bonchev–Trinajstić information content (AvgIpc) is 3.21. The summed E-state index contributed by atoms with van der Waals surface area (Å²) in [4.78, 5) is 21.5. The van der Waals surface area contributed by atoms with Gasteiger partial charge in [-0.3, -0.25) is 4.79 Å². The third-order valence-electron chi connectivity index (χ3n) is 3.87. The van der Waals surface area contributed by atoms with Gasteiger partial charge >= 0.3 is 0 Å². The molecule has 3 aromatic rings. The molecule has 2 heterocycles. The van der Waals surface area contributed by atoms with E-state index >= 15 is 0 Å². The number of thioether (sulfide) groups is 1. The molecule has 0 fully saturated rings. The van der Waals surface area contributed by atoms with Gasteiger partial charge in [0.1, 0.15) is 5.01 Å². The third kappa shape index (κ3) is 4.50. The molecule has 0 aliphatic rings. The number of aryl methyl sites for hydroxylation is 1. The Bertz CT molecular complexity index is 1010. The van der Waals surface area contributed by atoms with Crippen LogP contribution in [0.5, 0.6) is 0 Å². The number of nitrogens with zero attached hydrogens (tertiary/aromatic N) is 4. The van der Waals surface area contributed by atoms with Crippen molar-refractivity contribution in [1.29, 1.82) is 5.26 Å². The van der Waals surface area contributed by atoms with E-state index < -0.39 is 5.92 Å². The van der Waals surface area contributed by atoms with E-state index in [-0.39, 0.29) is 11.5 Å². The number of rotatable bonds is 8. The number of carbonyl (C=O) groups is 1. The van der Waals surface area contributed by atoms with E-state index in [1.54, 1.807) is 13.2 Å². The smallest absolute Gasteiger partial charge is 0.169 e. The molecule has 6 nitrogen and oxygen atoms in total. The van der Waals surface area contributed by atoms with Crippen LogP contribution in [-0.4, -0.2) is 39.8 Å². The molecule has 27 heavy (non-hydrogen) atoms. The lowest BCUT2D eigenvalue weighted by Crippen LogP contribution is -2.14. The number of hydrogen-bond acceptors (Lipinski definition) is 7. The van der Waals surface area contributed by atoms with E-state index in [9.17, 15) is 10.1 Å². The highest BCUT2D eigenvalue weighted by Crippen LogP contribution is 2.28. The first-order valence-electron chi connectivity index (χ1n) is 8.15. The zero-order valence-corrected chi connectivity index (χ0v) is 17.2. The van der Waals surface area contributed by atoms with Crippen LogP contribution in [0.3, 0.4) is 0 Å². The Hall–Kier alpha value is -1.92. The number of ether oxygens (including phenoxy) is 1. The summed E-state index contributed by atoms with van der Waals surface area (Å²) >= 11 is 8.71. The number of nitriles is 1. The Morgan fingerprint density at radius 2 is 2.30 bits per heavy atom. The highest BCUT2D eigenvalue weighted by molar-refractivity contribution is 7.99. The lowest BCUT2D eigenvalue weighted by Gasteiger charge is -2.09. The SMILES string of the molecule is COCCn1c(SCC(=O)C(C#N)c2nc(C)cs2)nc2cc(Cl)ccc21. The number of halogens is 1. The van der Waals surface area contributed by atoms with Gasteiger partial charge in [-0.05, 0) is 25.1 Å². The second-order valence-corrected chi connectivity index (χ2v) is 8.08. The minimum Gasteiger partial charge on any atom is -0.383 e. The monoisotopic (exact) mass is 420 g/mol. The molecule has 3 rings (SSSR count). The van der Waals surface area contributed by atoms with E-state index in [1.807, 2.05) is 29.0 Å². The molecule has 9 heteroatoms. The average molecular weight is 421 g/mol. The molecule has 140 valence electrons. The standard InChI is InChI=1S/C18H17ClN4O2S2/c1-11-9-26-17(21-11)13(8-20)16(24)10-27-18-22-14-7-12(19)3-4-15(14)23(18)5-6-25-2/h3-4,7,9,13H,5-6,10H2,1-2H3. The number of thiazole rings is 1. The zero-order valence-electron chi connectivity index (χ0n) is 14.8. The van der Waals surface area contributed by atoms with Gasteiger partial charge in [0.15, 0.2) is 16.9 Å². The maximum Gasteiger partial charge on any atom is 0.169 e. The number of carbonyl (C=O) groups excluding carboxylic acids is 1. The van der Waals surface area contributed by atoms with Crippen molar-refractivity contribution >= 4 is 51.5 Å². The molecule has 0 bridgehead atoms. The Labute approximate surface area is 170 Å². The minimum atomic E-state index is -0.845. The molecule has 1 unspecified atom stereocenters. The first-order chi connectivity index (χ1) is 13.0. The first kappa shape index (κ1) is 19.8. The van der Waals surface area contributed by atoms with Crippen LogP contribution in [0.4, 0.5) is 0 Å². The summed E-state index contributed by atoms with van der Waals surface area (Å²) in [6.07, 6.45) is 0. The molecule has 0 amide bonds. The number of ketones is 1. The van der Waals surface area contributed by atoms with Gasteiger partial charge < -0.3 is 9.30 Å². The molecule has 0 saturated heterocycles. The zero-order chi connectivity index (χ0) is 19.4. The summed E-state index contributed by atoms with van der Waals surface area (Å²) in [5, 5.41) is 13.1. The topological polar surface area (TPSA) is 80.8 Å². The van der Waals surface area contributed by atoms with Gasteiger partial charge in [0.25, 0.3) is 0 Å². The van der Waals surface area contributed by atoms with Gasteiger partial charge in [-0.1, -0.05) is 23.4 Å². The molecule has 0 aliphatic heterocycles. The number of Topliss-reactive ketones (excluding diaryl/α,β-unsaturated/α-hetero) is 1. The number of fused-ring (bicyclic) bond motifs is 1. The van der Waals surface area contributed by atoms with Crippen molar-refractivity contribution in [2.45, 2.75) is 24.5 Å². The van der Waals surface area contributed by atoms with Gasteiger partial charge in [-0.25, -0.2) is 9.97 Å². The number of aromatic nitrogens is 3. The Morgan fingerprint density at radius 1 is 1.48 bits per heavy atom. The fourth-order valence-corrected chi connectivity index (χ4v) is 4.55. The maximum atomic E-state index is 12.6. The van der Waals surface area contributed by atoms with Crippen molar-refractivity contribution < 1.29 is 9.53 Å². The normalized spacial score (nSPS) is 12.2. The molecular weight excluding hydrogens is 404 g/mol. The Balaban J connectivity index is 1.81. The number of methoxy groups -OCH3 is 1. The van der Waals surface area contributed by atoms with Gasteiger partial charge in [0, 0.05) is 29.8 Å². The van der Waals surface area contributed by atoms with Crippen molar-refractivity contribution in [1.82, 2.24) is 14.5 Å². The molecule has 2 aromatic heterocycles. The first-order valence-corrected chi connectivity index (χ1v) is 10.4. The summed E-state index contributed by atoms with van der Waals surface area (Å²) in [6.45, 7) is 2.98. The summed E-state index contributed by atoms with van der Waals surface area (Å²) in [7, 11) is 1.64. The minimum absolute atomic E-state index is 0.140. The molecule has 0 aliphatic carbocycles. The van der Waals surface area contributed by atoms with Crippen LogP contribution in [-0.2, 0) is 16.1 Å². The van der Waals surface area contributed by atoms with Gasteiger partial charge in [-0.2, -0.15) is 5.26 Å². The van der Waals surface area contributed by atoms with Crippen LogP contribution < -0.4 is 0 Å². The predicted octanol–water partition coefficient (Wildman–Crippen LogP) is 4.07. The lowest BCUT2D eigenvalue weighted by molar-refractivity contribution is -0.116. The van der Waals surface area contributed by atoms with E-state index in [1.165, 1.54) is 23.1 Å². The molecule has 0 N–H and O–H groups in total. The second kappa shape index (κ2) is 8.85. The van der Waals surface area contributed by atoms with Crippen LogP contribution in [0.25, 0.3) is 11.0 Å². The van der Waals surface area contributed by atoms with Crippen LogP contribution >= 0.6 is 34.7 Å². The van der Waals surface area contributed by atoms with Crippen molar-refractivity contribution in [3.05, 3.63) is 39.3 Å². The molecular formula is C18H17ClN4O2S2. The van der Waals surface area contributed by atoms with Crippen molar-refractivity contribution in [3.8, 4) is 6.07 Å². The van der Waals surface area contributed by atoms with Crippen LogP contribution in [0.2, 0.25) is 5.02 Å². The van der Waals surface area contributed by atoms with Gasteiger partial charge in [0.2, 0.25) is 0 Å². The van der Waals surface area contributed by atoms with E-state index in [0.29, 0.717) is 28.3 Å². The van der Waals surface area contributed by atoms with E-state index in [4.69, 9.17) is 16.3 Å². The molecule has 1 atom stereocenters. The van der Waals surface area contributed by atoms with E-state index in [2.05, 4.69) is 16.0 Å². The van der Waals surface area contributed by atoms with Gasteiger partial charge in [-0.15, -0.1) is 11.3 Å². The number of benzene rings is 1. The number of hydrogen-bond donors (Lipinski definition) is 0. The Morgan fingerprint density at radius 3 is 2.96 bits per heavy atom. The number of imidazole rings is 1. The highest BCUT2D eigenvalue weighted by Gasteiger charge is 2.24. The highest BCUT2D eigenvalue weighted by atomic mass is 35.5. The van der Waals surface area contributed by atoms with Crippen LogP contribution in [0.1, 0.15) is 16.6 Å². The second-order valence-electron chi connectivity index (χ2n) is 5.82. The maximum absolute atomic E-state index is 12.6. The summed E-state index contributed by atoms with van der Waals surface area (Å²) in [5.74, 6) is -0.886. The molecule has 0 radical (unpaired) electrons. The summed E-state index contributed by atoms with van der Waals surface area (Å²) < 4.78 is 7.19. The summed E-state index contributed by atoms with van der Waals surface area (Å²) in [6, 6.07) is 7.58. The molecule has 0 saturated carbocycles. The van der Waals surface area contributed by atoms with Crippen molar-refractivity contribution in [2.75, 3.05) is 19.5 Å². The van der Waals surface area contributed by atoms with Crippen molar-refractivity contribution in [2.24, 2.45) is 0 Å².